The van der Waals surface area contributed by atoms with Crippen LogP contribution in [0.5, 0.6) is 5.75 Å². The fourth-order valence-corrected chi connectivity index (χ4v) is 4.93. The maximum atomic E-state index is 14.3. The molecule has 2 N–H and O–H groups in total. The van der Waals surface area contributed by atoms with Crippen LogP contribution in [0.25, 0.3) is 0 Å². The summed E-state index contributed by atoms with van der Waals surface area (Å²) in [4.78, 5) is 66.0. The largest absolute Gasteiger partial charge is 0.482 e. The number of benzene rings is 2. The van der Waals surface area contributed by atoms with Gasteiger partial charge in [0.2, 0.25) is 11.7 Å². The lowest BCUT2D eigenvalue weighted by atomic mass is 9.86. The minimum absolute atomic E-state index is 0.135. The van der Waals surface area contributed by atoms with Crippen molar-refractivity contribution in [3.05, 3.63) is 71.6 Å². The summed E-state index contributed by atoms with van der Waals surface area (Å²) in [6, 6.07) is 5.93. The quantitative estimate of drug-likeness (QED) is 0.163. The number of anilines is 1. The Morgan fingerprint density at radius 2 is 1.80 bits per heavy atom. The van der Waals surface area contributed by atoms with Crippen molar-refractivity contribution >= 4 is 35.2 Å². The molecule has 0 spiro atoms. The fourth-order valence-electron chi connectivity index (χ4n) is 4.93. The molecule has 2 aromatic rings. The van der Waals surface area contributed by atoms with Gasteiger partial charge >= 0.3 is 17.8 Å². The van der Waals surface area contributed by atoms with Gasteiger partial charge in [0.1, 0.15) is 25.1 Å². The molecule has 0 bridgehead atoms. The van der Waals surface area contributed by atoms with Gasteiger partial charge in [-0.15, -0.1) is 0 Å². The predicted octanol–water partition coefficient (Wildman–Crippen LogP) is 4.14. The van der Waals surface area contributed by atoms with Gasteiger partial charge in [0.05, 0.1) is 12.3 Å². The van der Waals surface area contributed by atoms with E-state index in [0.717, 1.165) is 12.5 Å². The highest BCUT2D eigenvalue weighted by atomic mass is 19.2. The highest BCUT2D eigenvalue weighted by molar-refractivity contribution is 6.39. The first-order valence-electron chi connectivity index (χ1n) is 14.7. The molecule has 1 aliphatic heterocycles. The van der Waals surface area contributed by atoms with Crippen molar-refractivity contribution in [3.8, 4) is 5.75 Å². The molecule has 0 saturated carbocycles. The number of ketones is 1. The number of rotatable bonds is 11. The Morgan fingerprint density at radius 1 is 1.11 bits per heavy atom. The van der Waals surface area contributed by atoms with E-state index in [1.54, 1.807) is 12.1 Å². The monoisotopic (exact) mass is 645 g/mol. The zero-order valence-corrected chi connectivity index (χ0v) is 26.2. The van der Waals surface area contributed by atoms with Crippen LogP contribution in [-0.2, 0) is 34.1 Å². The first kappa shape index (κ1) is 35.8. The molecule has 3 amide bonds. The van der Waals surface area contributed by atoms with Crippen molar-refractivity contribution in [1.29, 1.82) is 0 Å². The summed E-state index contributed by atoms with van der Waals surface area (Å²) in [5, 5.41) is 5.12. The summed E-state index contributed by atoms with van der Waals surface area (Å²) in [7, 11) is 0. The van der Waals surface area contributed by atoms with E-state index in [9.17, 15) is 37.1 Å². The molecule has 10 nitrogen and oxygen atoms in total. The van der Waals surface area contributed by atoms with Crippen molar-refractivity contribution in [1.82, 2.24) is 10.2 Å². The number of carbonyl (C=O) groups excluding carboxylic acids is 5. The summed E-state index contributed by atoms with van der Waals surface area (Å²) in [5.41, 5.74) is 0.635. The number of likely N-dealkylation sites (tertiary alicyclic amines) is 1. The minimum Gasteiger partial charge on any atom is -0.482 e. The van der Waals surface area contributed by atoms with E-state index >= 15 is 0 Å². The number of nitrogens with zero attached hydrogens (tertiary/aromatic N) is 1. The van der Waals surface area contributed by atoms with E-state index in [1.807, 2.05) is 32.9 Å². The number of carbonyl (C=O) groups is 5. The van der Waals surface area contributed by atoms with Gasteiger partial charge in [-0.25, -0.2) is 8.78 Å². The maximum Gasteiger partial charge on any atom is 0.313 e. The maximum absolute atomic E-state index is 14.3. The van der Waals surface area contributed by atoms with Gasteiger partial charge in [-0.3, -0.25) is 24.0 Å². The summed E-state index contributed by atoms with van der Waals surface area (Å²) in [6.45, 7) is 9.45. The van der Waals surface area contributed by atoms with Gasteiger partial charge in [0.15, 0.2) is 17.3 Å². The highest BCUT2D eigenvalue weighted by Crippen LogP contribution is 2.30. The van der Waals surface area contributed by atoms with Crippen LogP contribution in [-0.4, -0.2) is 66.7 Å². The van der Waals surface area contributed by atoms with Crippen molar-refractivity contribution in [3.63, 3.8) is 0 Å². The van der Waals surface area contributed by atoms with Gasteiger partial charge in [-0.1, -0.05) is 51.6 Å². The second-order valence-corrected chi connectivity index (χ2v) is 11.9. The SMILES string of the molecule is C=CCOC(=O)C[C@H](NC(=O)[C@@H]1CCCN(C(=O)C(=O)Nc2ccccc2C(C)(C)C)C1)C(=O)COc1c(C)c(F)cc(F)c1F. The molecule has 46 heavy (non-hydrogen) atoms. The average molecular weight is 646 g/mol. The molecule has 1 heterocycles. The van der Waals surface area contributed by atoms with E-state index in [4.69, 9.17) is 9.47 Å². The minimum atomic E-state index is -1.52. The number of piperidine rings is 1. The topological polar surface area (TPSA) is 131 Å². The van der Waals surface area contributed by atoms with Gasteiger partial charge in [0, 0.05) is 30.4 Å². The van der Waals surface area contributed by atoms with E-state index in [0.29, 0.717) is 24.6 Å². The second kappa shape index (κ2) is 15.5. The van der Waals surface area contributed by atoms with Crippen molar-refractivity contribution < 1.29 is 46.6 Å². The second-order valence-electron chi connectivity index (χ2n) is 11.9. The number of hydrogen-bond donors (Lipinski definition) is 2. The molecule has 1 fully saturated rings. The number of hydrogen-bond acceptors (Lipinski definition) is 7. The Morgan fingerprint density at radius 3 is 2.48 bits per heavy atom. The smallest absolute Gasteiger partial charge is 0.313 e. The molecule has 13 heteroatoms. The number of esters is 1. The van der Waals surface area contributed by atoms with Gasteiger partial charge in [0.25, 0.3) is 0 Å². The first-order chi connectivity index (χ1) is 21.6. The van der Waals surface area contributed by atoms with E-state index in [-0.39, 0.29) is 30.7 Å². The Balaban J connectivity index is 1.70. The van der Waals surface area contributed by atoms with Gasteiger partial charge in [-0.05, 0) is 36.8 Å². The number of Topliss-reactive ketones (excluding diaryl/α,β-unsaturated/α-hetero) is 1. The molecule has 2 atom stereocenters. The Hall–Kier alpha value is -4.68. The number of halogens is 3. The Bertz CT molecular complexity index is 1480. The standard InChI is InChI=1S/C33H38F3N3O7/c1-6-14-45-27(41)16-25(26(40)18-46-29-19(2)22(34)15-23(35)28(29)36)38-30(42)20-10-9-13-39(17-20)32(44)31(43)37-24-12-8-7-11-21(24)33(3,4)5/h6-8,11-12,15,20,25H,1,9-10,13-14,16-18H2,2-5H3,(H,37,43)(H,38,42)/t20-,25+/m1/s1. The van der Waals surface area contributed by atoms with Crippen LogP contribution in [0.4, 0.5) is 18.9 Å². The molecule has 0 unspecified atom stereocenters. The molecule has 2 aromatic carbocycles. The molecular formula is C33H38F3N3O7. The van der Waals surface area contributed by atoms with Crippen LogP contribution in [0, 0.1) is 30.3 Å². The number of nitrogens with one attached hydrogen (secondary N) is 2. The third-order valence-corrected chi connectivity index (χ3v) is 7.42. The third-order valence-electron chi connectivity index (χ3n) is 7.42. The fraction of sp³-hybridized carbons (Fsp3) is 0.424. The number of amides is 3. The molecule has 3 rings (SSSR count). The lowest BCUT2D eigenvalue weighted by Gasteiger charge is -2.32. The van der Waals surface area contributed by atoms with Gasteiger partial charge < -0.3 is 25.0 Å². The first-order valence-corrected chi connectivity index (χ1v) is 14.7. The van der Waals surface area contributed by atoms with Crippen molar-refractivity contribution in [2.24, 2.45) is 5.92 Å². The van der Waals surface area contributed by atoms with Crippen molar-refractivity contribution in [2.75, 3.05) is 31.6 Å². The summed E-state index contributed by atoms with van der Waals surface area (Å²) < 4.78 is 51.9. The third kappa shape index (κ3) is 9.18. The van der Waals surface area contributed by atoms with Crippen LogP contribution in [0.1, 0.15) is 51.2 Å². The molecule has 0 aromatic heterocycles. The average Bonchev–Trinajstić information content (AvgIpc) is 3.01. The van der Waals surface area contributed by atoms with Crippen LogP contribution in [0.15, 0.2) is 43.0 Å². The van der Waals surface area contributed by atoms with Gasteiger partial charge in [-0.2, -0.15) is 4.39 Å². The molecule has 0 radical (unpaired) electrons. The molecule has 1 saturated heterocycles. The van der Waals surface area contributed by atoms with Crippen LogP contribution < -0.4 is 15.4 Å². The van der Waals surface area contributed by atoms with Crippen LogP contribution in [0.2, 0.25) is 0 Å². The Kier molecular flexibility index (Phi) is 12.1. The van der Waals surface area contributed by atoms with Crippen LogP contribution >= 0.6 is 0 Å². The van der Waals surface area contributed by atoms with E-state index in [2.05, 4.69) is 17.2 Å². The normalized spacial score (nSPS) is 15.4. The van der Waals surface area contributed by atoms with E-state index in [1.165, 1.54) is 11.0 Å². The molecule has 248 valence electrons. The predicted molar refractivity (Wildman–Crippen MR) is 162 cm³/mol. The molecule has 0 aliphatic carbocycles. The highest BCUT2D eigenvalue weighted by Gasteiger charge is 2.34. The van der Waals surface area contributed by atoms with Crippen molar-refractivity contribution in [2.45, 2.75) is 58.4 Å². The lowest BCUT2D eigenvalue weighted by molar-refractivity contribution is -0.146. The number of ether oxygens (including phenoxy) is 2. The zero-order valence-electron chi connectivity index (χ0n) is 26.2. The summed E-state index contributed by atoms with van der Waals surface area (Å²) in [5.74, 6) is -9.97. The molecule has 1 aliphatic rings. The molecular weight excluding hydrogens is 607 g/mol. The van der Waals surface area contributed by atoms with Crippen LogP contribution in [0.3, 0.4) is 0 Å². The summed E-state index contributed by atoms with van der Waals surface area (Å²) >= 11 is 0. The number of para-hydroxylation sites is 1. The van der Waals surface area contributed by atoms with E-state index < -0.39 is 77.7 Å². The zero-order chi connectivity index (χ0) is 34.2. The Labute approximate surface area is 265 Å². The lowest BCUT2D eigenvalue weighted by Crippen LogP contribution is -2.52. The summed E-state index contributed by atoms with van der Waals surface area (Å²) in [6.07, 6.45) is 1.36.